The Balaban J connectivity index is 2.21. The summed E-state index contributed by atoms with van der Waals surface area (Å²) in [6.07, 6.45) is 1.84. The summed E-state index contributed by atoms with van der Waals surface area (Å²) in [5, 5.41) is 0. The standard InChI is InChI=1S/C9H13BN3/c1-8-4-3-5-11-9(8)13-7-6-12(2)10-13/h3-5H,6-7H2,1-2H3. The summed E-state index contributed by atoms with van der Waals surface area (Å²) >= 11 is 0. The second kappa shape index (κ2) is 3.38. The van der Waals surface area contributed by atoms with Gasteiger partial charge in [0, 0.05) is 19.3 Å². The third kappa shape index (κ3) is 1.67. The number of pyridine rings is 1. The minimum absolute atomic E-state index is 1.04. The normalized spacial score (nSPS) is 17.5. The summed E-state index contributed by atoms with van der Waals surface area (Å²) in [4.78, 5) is 8.73. The highest BCUT2D eigenvalue weighted by atomic mass is 15.3. The predicted octanol–water partition coefficient (Wildman–Crippen LogP) is 0.676. The molecule has 0 spiro atoms. The minimum Gasteiger partial charge on any atom is -0.388 e. The Hall–Kier alpha value is -1.03. The zero-order chi connectivity index (χ0) is 9.26. The lowest BCUT2D eigenvalue weighted by molar-refractivity contribution is 0.590. The maximum atomic E-state index is 4.36. The molecule has 4 heteroatoms. The Bertz CT molecular complexity index is 303. The van der Waals surface area contributed by atoms with Gasteiger partial charge in [0.2, 0.25) is 0 Å². The van der Waals surface area contributed by atoms with E-state index in [0.717, 1.165) is 18.9 Å². The van der Waals surface area contributed by atoms with Crippen LogP contribution in [0.3, 0.4) is 0 Å². The van der Waals surface area contributed by atoms with E-state index in [9.17, 15) is 0 Å². The topological polar surface area (TPSA) is 19.4 Å². The Morgan fingerprint density at radius 1 is 1.46 bits per heavy atom. The molecule has 0 amide bonds. The lowest BCUT2D eigenvalue weighted by Gasteiger charge is -2.17. The first-order chi connectivity index (χ1) is 6.27. The van der Waals surface area contributed by atoms with Crippen molar-refractivity contribution in [3.05, 3.63) is 23.9 Å². The Morgan fingerprint density at radius 3 is 2.92 bits per heavy atom. The smallest absolute Gasteiger partial charge is 0.353 e. The van der Waals surface area contributed by atoms with Gasteiger partial charge in [-0.25, -0.2) is 4.98 Å². The van der Waals surface area contributed by atoms with Crippen molar-refractivity contribution in [3.8, 4) is 0 Å². The highest BCUT2D eigenvalue weighted by Crippen LogP contribution is 2.17. The maximum absolute atomic E-state index is 4.36. The lowest BCUT2D eigenvalue weighted by Crippen LogP contribution is -2.28. The zero-order valence-electron chi connectivity index (χ0n) is 8.07. The number of aromatic nitrogens is 1. The Kier molecular flexibility index (Phi) is 2.23. The van der Waals surface area contributed by atoms with Crippen LogP contribution in [0.15, 0.2) is 18.3 Å². The summed E-state index contributed by atoms with van der Waals surface area (Å²) in [7, 11) is 4.19. The van der Waals surface area contributed by atoms with Gasteiger partial charge in [-0.15, -0.1) is 0 Å². The molecule has 0 aliphatic carbocycles. The molecule has 1 saturated heterocycles. The summed E-state index contributed by atoms with van der Waals surface area (Å²) in [6.45, 7) is 4.21. The van der Waals surface area contributed by atoms with Gasteiger partial charge in [-0.2, -0.15) is 0 Å². The molecule has 13 heavy (non-hydrogen) atoms. The summed E-state index contributed by atoms with van der Waals surface area (Å²) in [5.74, 6) is 1.08. The third-order valence-corrected chi connectivity index (χ3v) is 2.28. The number of anilines is 1. The molecule has 0 N–H and O–H groups in total. The summed E-state index contributed by atoms with van der Waals surface area (Å²) in [6, 6.07) is 4.06. The molecule has 0 saturated carbocycles. The number of nitrogens with zero attached hydrogens (tertiary/aromatic N) is 3. The molecule has 2 heterocycles. The van der Waals surface area contributed by atoms with E-state index in [0.29, 0.717) is 0 Å². The van der Waals surface area contributed by atoms with E-state index < -0.39 is 0 Å². The Labute approximate surface area is 79.7 Å². The number of aryl methyl sites for hydroxylation is 1. The number of hydrogen-bond acceptors (Lipinski definition) is 3. The van der Waals surface area contributed by atoms with Crippen molar-refractivity contribution in [1.82, 2.24) is 9.79 Å². The van der Waals surface area contributed by atoms with Gasteiger partial charge in [-0.3, -0.25) is 0 Å². The van der Waals surface area contributed by atoms with Crippen molar-refractivity contribution < 1.29 is 0 Å². The van der Waals surface area contributed by atoms with Gasteiger partial charge >= 0.3 is 7.55 Å². The predicted molar refractivity (Wildman–Crippen MR) is 54.7 cm³/mol. The van der Waals surface area contributed by atoms with Gasteiger partial charge in [0.25, 0.3) is 0 Å². The van der Waals surface area contributed by atoms with E-state index in [-0.39, 0.29) is 0 Å². The van der Waals surface area contributed by atoms with Crippen LogP contribution < -0.4 is 4.81 Å². The van der Waals surface area contributed by atoms with Gasteiger partial charge in [0.1, 0.15) is 5.82 Å². The average molecular weight is 174 g/mol. The van der Waals surface area contributed by atoms with Crippen LogP contribution in [0.4, 0.5) is 5.82 Å². The van der Waals surface area contributed by atoms with E-state index >= 15 is 0 Å². The van der Waals surface area contributed by atoms with Crippen LogP contribution in [0.2, 0.25) is 0 Å². The quantitative estimate of drug-likeness (QED) is 0.583. The average Bonchev–Trinajstić information content (AvgIpc) is 2.53. The molecule has 0 bridgehead atoms. The maximum Gasteiger partial charge on any atom is 0.353 e. The molecule has 1 aliphatic rings. The zero-order valence-corrected chi connectivity index (χ0v) is 8.07. The van der Waals surface area contributed by atoms with Gasteiger partial charge < -0.3 is 9.62 Å². The van der Waals surface area contributed by atoms with Crippen molar-refractivity contribution in [3.63, 3.8) is 0 Å². The number of likely N-dealkylation sites (N-methyl/N-ethyl adjacent to an activating group) is 1. The third-order valence-electron chi connectivity index (χ3n) is 2.28. The van der Waals surface area contributed by atoms with E-state index in [1.54, 1.807) is 0 Å². The second-order valence-electron chi connectivity index (χ2n) is 3.43. The molecule has 1 fully saturated rings. The molecule has 1 aliphatic heterocycles. The van der Waals surface area contributed by atoms with Crippen LogP contribution in [-0.2, 0) is 0 Å². The van der Waals surface area contributed by atoms with Crippen molar-refractivity contribution in [2.24, 2.45) is 0 Å². The molecule has 1 radical (unpaired) electrons. The molecule has 1 aromatic rings. The summed E-state index contributed by atoms with van der Waals surface area (Å²) < 4.78 is 0. The molecular weight excluding hydrogens is 161 g/mol. The molecular formula is C9H13BN3. The van der Waals surface area contributed by atoms with Crippen LogP contribution in [0.1, 0.15) is 5.56 Å². The van der Waals surface area contributed by atoms with E-state index in [1.807, 2.05) is 12.3 Å². The van der Waals surface area contributed by atoms with Gasteiger partial charge in [-0.1, -0.05) is 6.07 Å². The molecule has 0 unspecified atom stereocenters. The monoisotopic (exact) mass is 174 g/mol. The first kappa shape index (κ1) is 8.57. The molecule has 1 aromatic heterocycles. The number of rotatable bonds is 1. The first-order valence-electron chi connectivity index (χ1n) is 4.51. The van der Waals surface area contributed by atoms with Crippen molar-refractivity contribution >= 4 is 13.4 Å². The van der Waals surface area contributed by atoms with Crippen molar-refractivity contribution in [2.45, 2.75) is 6.92 Å². The molecule has 67 valence electrons. The van der Waals surface area contributed by atoms with Crippen LogP contribution in [0.25, 0.3) is 0 Å². The van der Waals surface area contributed by atoms with Crippen LogP contribution in [0, 0.1) is 6.92 Å². The largest absolute Gasteiger partial charge is 0.388 e. The SMILES string of the molecule is Cc1cccnc1N1[B]N(C)CC1. The molecule has 3 nitrogen and oxygen atoms in total. The molecule has 0 aromatic carbocycles. The second-order valence-corrected chi connectivity index (χ2v) is 3.43. The fraction of sp³-hybridized carbons (Fsp3) is 0.444. The minimum atomic E-state index is 1.04. The Morgan fingerprint density at radius 2 is 2.31 bits per heavy atom. The van der Waals surface area contributed by atoms with E-state index in [1.165, 1.54) is 5.56 Å². The van der Waals surface area contributed by atoms with Crippen molar-refractivity contribution in [1.29, 1.82) is 0 Å². The van der Waals surface area contributed by atoms with Crippen LogP contribution >= 0.6 is 0 Å². The lowest BCUT2D eigenvalue weighted by atomic mass is 10.1. The first-order valence-corrected chi connectivity index (χ1v) is 4.51. The molecule has 0 atom stereocenters. The highest BCUT2D eigenvalue weighted by molar-refractivity contribution is 6.39. The molecule has 2 rings (SSSR count). The highest BCUT2D eigenvalue weighted by Gasteiger charge is 2.21. The number of hydrogen-bond donors (Lipinski definition) is 0. The van der Waals surface area contributed by atoms with Gasteiger partial charge in [-0.05, 0) is 25.6 Å². The van der Waals surface area contributed by atoms with Gasteiger partial charge in [0.15, 0.2) is 0 Å². The fourth-order valence-electron chi connectivity index (χ4n) is 1.56. The van der Waals surface area contributed by atoms with E-state index in [2.05, 4.69) is 42.2 Å². The van der Waals surface area contributed by atoms with Crippen LogP contribution in [-0.4, -0.2) is 37.5 Å². The van der Waals surface area contributed by atoms with E-state index in [4.69, 9.17) is 0 Å². The van der Waals surface area contributed by atoms with Gasteiger partial charge in [0.05, 0.1) is 0 Å². The summed E-state index contributed by atoms with van der Waals surface area (Å²) in [5.41, 5.74) is 1.23. The fourth-order valence-corrected chi connectivity index (χ4v) is 1.56. The van der Waals surface area contributed by atoms with Crippen molar-refractivity contribution in [2.75, 3.05) is 24.9 Å². The van der Waals surface area contributed by atoms with Crippen LogP contribution in [0.5, 0.6) is 0 Å².